The lowest BCUT2D eigenvalue weighted by molar-refractivity contribution is -0.138. The number of likely N-dealkylation sites (N-methyl/N-ethyl adjacent to an activating group) is 1. The van der Waals surface area contributed by atoms with Gasteiger partial charge in [0.25, 0.3) is 0 Å². The molecule has 1 aliphatic rings. The third-order valence-electron chi connectivity index (χ3n) is 3.87. The van der Waals surface area contributed by atoms with Crippen LogP contribution in [0.3, 0.4) is 0 Å². The van der Waals surface area contributed by atoms with Gasteiger partial charge in [0, 0.05) is 30.6 Å². The van der Waals surface area contributed by atoms with Crippen molar-refractivity contribution >= 4 is 23.4 Å². The number of halogens is 1. The molecule has 1 aliphatic heterocycles. The lowest BCUT2D eigenvalue weighted by Gasteiger charge is -2.23. The molecule has 1 aromatic carbocycles. The molecular weight excluding hydrogens is 302 g/mol. The van der Waals surface area contributed by atoms with Gasteiger partial charge in [-0.3, -0.25) is 9.59 Å². The molecule has 1 aromatic rings. The maximum Gasteiger partial charge on any atom is 0.242 e. The zero-order valence-corrected chi connectivity index (χ0v) is 13.5. The molecule has 0 saturated carbocycles. The highest BCUT2D eigenvalue weighted by molar-refractivity contribution is 6.31. The number of nitrogens with zero attached hydrogens (tertiary/aromatic N) is 1. The molecule has 0 radical (unpaired) electrons. The number of aryl methyl sites for hydroxylation is 1. The molecule has 0 bridgehead atoms. The Labute approximate surface area is 135 Å². The van der Waals surface area contributed by atoms with E-state index >= 15 is 0 Å². The third-order valence-corrected chi connectivity index (χ3v) is 4.24. The molecule has 6 heteroatoms. The summed E-state index contributed by atoms with van der Waals surface area (Å²) in [6.45, 7) is 2.84. The second kappa shape index (κ2) is 7.61. The van der Waals surface area contributed by atoms with Gasteiger partial charge in [-0.1, -0.05) is 29.8 Å². The minimum atomic E-state index is -0.450. The van der Waals surface area contributed by atoms with Crippen molar-refractivity contribution in [3.8, 4) is 0 Å². The number of nitrogens with one attached hydrogen (secondary N) is 1. The molecular formula is C16H22ClN3O2. The average molecular weight is 324 g/mol. The summed E-state index contributed by atoms with van der Waals surface area (Å²) in [5.41, 5.74) is 6.86. The standard InChI is InChI=1S/C16H22ClN3O2/c1-2-19-16(22)14-9-12(18)10-20(14)15(21)8-7-11-5-3-4-6-13(11)17/h3-6,12,14H,2,7-10,18H2,1H3,(H,19,22)/t12-,14-/m0/s1. The Morgan fingerprint density at radius 3 is 2.82 bits per heavy atom. The molecule has 2 atom stereocenters. The van der Waals surface area contributed by atoms with Crippen LogP contribution in [0.4, 0.5) is 0 Å². The van der Waals surface area contributed by atoms with E-state index in [9.17, 15) is 9.59 Å². The van der Waals surface area contributed by atoms with E-state index in [1.54, 1.807) is 4.90 Å². The molecule has 0 aliphatic carbocycles. The first-order chi connectivity index (χ1) is 10.5. The second-order valence-electron chi connectivity index (χ2n) is 5.54. The van der Waals surface area contributed by atoms with E-state index < -0.39 is 6.04 Å². The highest BCUT2D eigenvalue weighted by Gasteiger charge is 2.37. The van der Waals surface area contributed by atoms with E-state index in [0.29, 0.717) is 37.4 Å². The fraction of sp³-hybridized carbons (Fsp3) is 0.500. The number of nitrogens with two attached hydrogens (primary N) is 1. The van der Waals surface area contributed by atoms with Crippen LogP contribution in [-0.4, -0.2) is 41.9 Å². The molecule has 0 spiro atoms. The van der Waals surface area contributed by atoms with Crippen molar-refractivity contribution in [2.75, 3.05) is 13.1 Å². The Morgan fingerprint density at radius 2 is 2.14 bits per heavy atom. The van der Waals surface area contributed by atoms with Crippen LogP contribution in [0.2, 0.25) is 5.02 Å². The highest BCUT2D eigenvalue weighted by Crippen LogP contribution is 2.21. The summed E-state index contributed by atoms with van der Waals surface area (Å²) < 4.78 is 0. The van der Waals surface area contributed by atoms with E-state index in [1.807, 2.05) is 31.2 Å². The maximum atomic E-state index is 12.4. The molecule has 3 N–H and O–H groups in total. The van der Waals surface area contributed by atoms with Crippen molar-refractivity contribution in [1.29, 1.82) is 0 Å². The monoisotopic (exact) mass is 323 g/mol. The number of carbonyl (C=O) groups excluding carboxylic acids is 2. The molecule has 1 heterocycles. The lowest BCUT2D eigenvalue weighted by atomic mass is 10.1. The number of hydrogen-bond acceptors (Lipinski definition) is 3. The van der Waals surface area contributed by atoms with Crippen molar-refractivity contribution in [2.24, 2.45) is 5.73 Å². The average Bonchev–Trinajstić information content (AvgIpc) is 2.88. The van der Waals surface area contributed by atoms with Gasteiger partial charge in [0.05, 0.1) is 0 Å². The van der Waals surface area contributed by atoms with E-state index in [0.717, 1.165) is 5.56 Å². The lowest BCUT2D eigenvalue weighted by Crippen LogP contribution is -2.46. The molecule has 2 rings (SSSR count). The van der Waals surface area contributed by atoms with Crippen molar-refractivity contribution in [2.45, 2.75) is 38.3 Å². The number of hydrogen-bond donors (Lipinski definition) is 2. The van der Waals surface area contributed by atoms with Crippen molar-refractivity contribution in [1.82, 2.24) is 10.2 Å². The minimum Gasteiger partial charge on any atom is -0.355 e. The van der Waals surface area contributed by atoms with Crippen LogP contribution in [0, 0.1) is 0 Å². The molecule has 0 aromatic heterocycles. The van der Waals surface area contributed by atoms with Crippen LogP contribution in [0.15, 0.2) is 24.3 Å². The number of benzene rings is 1. The van der Waals surface area contributed by atoms with Crippen molar-refractivity contribution < 1.29 is 9.59 Å². The summed E-state index contributed by atoms with van der Waals surface area (Å²) in [5, 5.41) is 3.43. The summed E-state index contributed by atoms with van der Waals surface area (Å²) in [6, 6.07) is 6.88. The molecule has 0 unspecified atom stereocenters. The van der Waals surface area contributed by atoms with Crippen molar-refractivity contribution in [3.63, 3.8) is 0 Å². The van der Waals surface area contributed by atoms with Gasteiger partial charge >= 0.3 is 0 Å². The zero-order valence-electron chi connectivity index (χ0n) is 12.7. The van der Waals surface area contributed by atoms with Gasteiger partial charge in [0.1, 0.15) is 6.04 Å². The first kappa shape index (κ1) is 16.8. The number of carbonyl (C=O) groups is 2. The van der Waals surface area contributed by atoms with Gasteiger partial charge in [-0.15, -0.1) is 0 Å². The van der Waals surface area contributed by atoms with E-state index in [1.165, 1.54) is 0 Å². The van der Waals surface area contributed by atoms with E-state index in [-0.39, 0.29) is 17.9 Å². The summed E-state index contributed by atoms with van der Waals surface area (Å²) in [6.07, 6.45) is 1.41. The van der Waals surface area contributed by atoms with Crippen molar-refractivity contribution in [3.05, 3.63) is 34.9 Å². The Bertz CT molecular complexity index is 550. The van der Waals surface area contributed by atoms with Gasteiger partial charge in [0.15, 0.2) is 0 Å². The quantitative estimate of drug-likeness (QED) is 0.858. The van der Waals surface area contributed by atoms with E-state index in [4.69, 9.17) is 17.3 Å². The molecule has 5 nitrogen and oxygen atoms in total. The smallest absolute Gasteiger partial charge is 0.242 e. The zero-order chi connectivity index (χ0) is 16.1. The largest absolute Gasteiger partial charge is 0.355 e. The highest BCUT2D eigenvalue weighted by atomic mass is 35.5. The predicted octanol–water partition coefficient (Wildman–Crippen LogP) is 1.34. The Balaban J connectivity index is 1.98. The normalized spacial score (nSPS) is 21.0. The minimum absolute atomic E-state index is 0.0517. The van der Waals surface area contributed by atoms with Crippen LogP contribution in [0.5, 0.6) is 0 Å². The SMILES string of the molecule is CCNC(=O)[C@@H]1C[C@H](N)CN1C(=O)CCc1ccccc1Cl. The number of amides is 2. The van der Waals surface area contributed by atoms with Gasteiger partial charge in [-0.2, -0.15) is 0 Å². The fourth-order valence-electron chi connectivity index (χ4n) is 2.77. The molecule has 22 heavy (non-hydrogen) atoms. The summed E-state index contributed by atoms with van der Waals surface area (Å²) in [7, 11) is 0. The van der Waals surface area contributed by atoms with Gasteiger partial charge in [-0.05, 0) is 31.4 Å². The van der Waals surface area contributed by atoms with Gasteiger partial charge in [0.2, 0.25) is 11.8 Å². The molecule has 120 valence electrons. The second-order valence-corrected chi connectivity index (χ2v) is 5.95. The van der Waals surface area contributed by atoms with Crippen LogP contribution < -0.4 is 11.1 Å². The Hall–Kier alpha value is -1.59. The summed E-state index contributed by atoms with van der Waals surface area (Å²) >= 11 is 6.10. The molecule has 1 fully saturated rings. The number of likely N-dealkylation sites (tertiary alicyclic amines) is 1. The maximum absolute atomic E-state index is 12.4. The van der Waals surface area contributed by atoms with Crippen LogP contribution >= 0.6 is 11.6 Å². The Morgan fingerprint density at radius 1 is 1.41 bits per heavy atom. The van der Waals surface area contributed by atoms with Crippen LogP contribution in [0.1, 0.15) is 25.3 Å². The predicted molar refractivity (Wildman–Crippen MR) is 86.6 cm³/mol. The number of rotatable bonds is 5. The van der Waals surface area contributed by atoms with Gasteiger partial charge in [-0.25, -0.2) is 0 Å². The molecule has 1 saturated heterocycles. The van der Waals surface area contributed by atoms with Gasteiger partial charge < -0.3 is 16.0 Å². The summed E-state index contributed by atoms with van der Waals surface area (Å²) in [5.74, 6) is -0.175. The van der Waals surface area contributed by atoms with Crippen LogP contribution in [0.25, 0.3) is 0 Å². The third kappa shape index (κ3) is 3.99. The van der Waals surface area contributed by atoms with E-state index in [2.05, 4.69) is 5.32 Å². The Kier molecular flexibility index (Phi) is 5.80. The topological polar surface area (TPSA) is 75.4 Å². The summed E-state index contributed by atoms with van der Waals surface area (Å²) in [4.78, 5) is 26.1. The molecule has 2 amide bonds. The van der Waals surface area contributed by atoms with Crippen LogP contribution in [-0.2, 0) is 16.0 Å². The fourth-order valence-corrected chi connectivity index (χ4v) is 3.00. The first-order valence-corrected chi connectivity index (χ1v) is 7.97. The first-order valence-electron chi connectivity index (χ1n) is 7.59.